The average molecular weight is 294 g/mol. The highest BCUT2D eigenvalue weighted by molar-refractivity contribution is 5.87. The van der Waals surface area contributed by atoms with E-state index in [-0.39, 0.29) is 22.8 Å². The van der Waals surface area contributed by atoms with Gasteiger partial charge in [0.2, 0.25) is 0 Å². The van der Waals surface area contributed by atoms with E-state index in [2.05, 4.69) is 0 Å². The van der Waals surface area contributed by atoms with Crippen LogP contribution in [-0.4, -0.2) is 16.2 Å². The molecular formula is C15H12F2O4. The molecule has 0 spiro atoms. The summed E-state index contributed by atoms with van der Waals surface area (Å²) in [4.78, 5) is 10.7. The molecule has 0 saturated carbocycles. The fourth-order valence-electron chi connectivity index (χ4n) is 1.77. The second-order valence-corrected chi connectivity index (χ2v) is 4.32. The Bertz CT molecular complexity index is 698. The molecule has 0 unspecified atom stereocenters. The third kappa shape index (κ3) is 3.10. The lowest BCUT2D eigenvalue weighted by Crippen LogP contribution is -1.98. The Morgan fingerprint density at radius 2 is 1.86 bits per heavy atom. The summed E-state index contributed by atoms with van der Waals surface area (Å²) < 4.78 is 32.4. The van der Waals surface area contributed by atoms with Crippen LogP contribution in [0, 0.1) is 11.6 Å². The SMILES string of the molecule is CCc1cc(O)c(Oc2ccc(C(=O)O)cc2F)cc1F. The zero-order valence-electron chi connectivity index (χ0n) is 11.1. The Kier molecular flexibility index (Phi) is 4.07. The molecule has 0 aliphatic heterocycles. The molecule has 110 valence electrons. The molecule has 6 heteroatoms. The van der Waals surface area contributed by atoms with Crippen molar-refractivity contribution in [2.24, 2.45) is 0 Å². The molecule has 0 saturated heterocycles. The zero-order chi connectivity index (χ0) is 15.6. The van der Waals surface area contributed by atoms with Gasteiger partial charge in [-0.3, -0.25) is 0 Å². The van der Waals surface area contributed by atoms with E-state index in [0.29, 0.717) is 12.0 Å². The number of halogens is 2. The van der Waals surface area contributed by atoms with Crippen LogP contribution in [0.4, 0.5) is 8.78 Å². The molecular weight excluding hydrogens is 282 g/mol. The van der Waals surface area contributed by atoms with Crippen LogP contribution in [0.25, 0.3) is 0 Å². The summed E-state index contributed by atoms with van der Waals surface area (Å²) in [6.07, 6.45) is 0.390. The van der Waals surface area contributed by atoms with Crippen molar-refractivity contribution in [2.45, 2.75) is 13.3 Å². The van der Waals surface area contributed by atoms with Gasteiger partial charge in [-0.1, -0.05) is 6.92 Å². The predicted octanol–water partition coefficient (Wildman–Crippen LogP) is 3.72. The van der Waals surface area contributed by atoms with Crippen molar-refractivity contribution < 1.29 is 28.5 Å². The van der Waals surface area contributed by atoms with Crippen LogP contribution in [0.1, 0.15) is 22.8 Å². The molecule has 4 nitrogen and oxygen atoms in total. The molecule has 0 amide bonds. The number of hydrogen-bond donors (Lipinski definition) is 2. The highest BCUT2D eigenvalue weighted by atomic mass is 19.1. The normalized spacial score (nSPS) is 10.4. The van der Waals surface area contributed by atoms with Crippen LogP contribution in [0.3, 0.4) is 0 Å². The first-order valence-electron chi connectivity index (χ1n) is 6.14. The first kappa shape index (κ1) is 14.8. The second-order valence-electron chi connectivity index (χ2n) is 4.32. The molecule has 21 heavy (non-hydrogen) atoms. The Morgan fingerprint density at radius 1 is 1.14 bits per heavy atom. The van der Waals surface area contributed by atoms with Gasteiger partial charge >= 0.3 is 5.97 Å². The van der Waals surface area contributed by atoms with Crippen LogP contribution >= 0.6 is 0 Å². The molecule has 0 radical (unpaired) electrons. The van der Waals surface area contributed by atoms with Crippen molar-refractivity contribution in [3.05, 3.63) is 53.1 Å². The summed E-state index contributed by atoms with van der Waals surface area (Å²) in [5.74, 6) is -3.65. The van der Waals surface area contributed by atoms with E-state index in [1.807, 2.05) is 0 Å². The third-order valence-corrected chi connectivity index (χ3v) is 2.91. The standard InChI is InChI=1S/C15H12F2O4/c1-2-8-6-12(18)14(7-10(8)16)21-13-4-3-9(15(19)20)5-11(13)17/h3-7,18H,2H2,1H3,(H,19,20). The molecule has 0 aliphatic carbocycles. The molecule has 0 atom stereocenters. The van der Waals surface area contributed by atoms with Crippen molar-refractivity contribution >= 4 is 5.97 Å². The van der Waals surface area contributed by atoms with Crippen molar-refractivity contribution in [2.75, 3.05) is 0 Å². The molecule has 0 bridgehead atoms. The summed E-state index contributed by atoms with van der Waals surface area (Å²) in [6, 6.07) is 5.19. The minimum absolute atomic E-state index is 0.239. The maximum absolute atomic E-state index is 13.7. The fourth-order valence-corrected chi connectivity index (χ4v) is 1.77. The molecule has 0 aliphatic rings. The average Bonchev–Trinajstić information content (AvgIpc) is 2.44. The van der Waals surface area contributed by atoms with E-state index in [1.165, 1.54) is 6.07 Å². The first-order chi connectivity index (χ1) is 9.92. The van der Waals surface area contributed by atoms with Gasteiger partial charge in [0.05, 0.1) is 5.56 Å². The lowest BCUT2D eigenvalue weighted by Gasteiger charge is -2.10. The lowest BCUT2D eigenvalue weighted by molar-refractivity contribution is 0.0696. The molecule has 0 aromatic heterocycles. The largest absolute Gasteiger partial charge is 0.504 e. The van der Waals surface area contributed by atoms with E-state index in [1.54, 1.807) is 6.92 Å². The quantitative estimate of drug-likeness (QED) is 0.901. The van der Waals surface area contributed by atoms with Crippen molar-refractivity contribution in [3.63, 3.8) is 0 Å². The number of carboxylic acids is 1. The van der Waals surface area contributed by atoms with Crippen LogP contribution in [0.5, 0.6) is 17.2 Å². The van der Waals surface area contributed by atoms with Gasteiger partial charge < -0.3 is 14.9 Å². The first-order valence-corrected chi connectivity index (χ1v) is 6.14. The van der Waals surface area contributed by atoms with Crippen LogP contribution < -0.4 is 4.74 Å². The number of ether oxygens (including phenoxy) is 1. The molecule has 0 heterocycles. The summed E-state index contributed by atoms with van der Waals surface area (Å²) in [7, 11) is 0. The lowest BCUT2D eigenvalue weighted by atomic mass is 10.1. The van der Waals surface area contributed by atoms with E-state index >= 15 is 0 Å². The number of carboxylic acid groups (broad SMARTS) is 1. The van der Waals surface area contributed by atoms with Gasteiger partial charge in [-0.25, -0.2) is 13.6 Å². The van der Waals surface area contributed by atoms with E-state index < -0.39 is 17.6 Å². The maximum Gasteiger partial charge on any atom is 0.335 e. The van der Waals surface area contributed by atoms with Gasteiger partial charge in [-0.2, -0.15) is 0 Å². The Labute approximate surface area is 119 Å². The monoisotopic (exact) mass is 294 g/mol. The number of aromatic carboxylic acids is 1. The number of phenolic OH excluding ortho intramolecular Hbond substituents is 1. The van der Waals surface area contributed by atoms with Gasteiger partial charge in [0.15, 0.2) is 23.1 Å². The van der Waals surface area contributed by atoms with E-state index in [0.717, 1.165) is 24.3 Å². The fraction of sp³-hybridized carbons (Fsp3) is 0.133. The van der Waals surface area contributed by atoms with Crippen LogP contribution in [-0.2, 0) is 6.42 Å². The second kappa shape index (κ2) is 5.78. The Morgan fingerprint density at radius 3 is 2.43 bits per heavy atom. The highest BCUT2D eigenvalue weighted by Gasteiger charge is 2.14. The van der Waals surface area contributed by atoms with Crippen molar-refractivity contribution in [1.29, 1.82) is 0 Å². The number of rotatable bonds is 4. The number of aryl methyl sites for hydroxylation is 1. The number of phenols is 1. The van der Waals surface area contributed by atoms with Crippen LogP contribution in [0.15, 0.2) is 30.3 Å². The number of hydrogen-bond acceptors (Lipinski definition) is 3. The smallest absolute Gasteiger partial charge is 0.335 e. The Balaban J connectivity index is 2.34. The molecule has 0 fully saturated rings. The van der Waals surface area contributed by atoms with Gasteiger partial charge in [0.25, 0.3) is 0 Å². The number of aromatic hydroxyl groups is 1. The summed E-state index contributed by atoms with van der Waals surface area (Å²) in [6.45, 7) is 1.72. The van der Waals surface area contributed by atoms with E-state index in [9.17, 15) is 18.7 Å². The van der Waals surface area contributed by atoms with Gasteiger partial charge in [-0.05, 0) is 36.2 Å². The minimum Gasteiger partial charge on any atom is -0.504 e. The van der Waals surface area contributed by atoms with Gasteiger partial charge in [0.1, 0.15) is 5.82 Å². The van der Waals surface area contributed by atoms with Gasteiger partial charge in [0, 0.05) is 6.07 Å². The third-order valence-electron chi connectivity index (χ3n) is 2.91. The van der Waals surface area contributed by atoms with Crippen LogP contribution in [0.2, 0.25) is 0 Å². The Hall–Kier alpha value is -2.63. The molecule has 2 aromatic rings. The van der Waals surface area contributed by atoms with E-state index in [4.69, 9.17) is 9.84 Å². The predicted molar refractivity (Wildman–Crippen MR) is 70.9 cm³/mol. The summed E-state index contributed by atoms with van der Waals surface area (Å²) in [5.41, 5.74) is 0.0677. The van der Waals surface area contributed by atoms with Gasteiger partial charge in [-0.15, -0.1) is 0 Å². The number of benzene rings is 2. The molecule has 2 N–H and O–H groups in total. The van der Waals surface area contributed by atoms with Crippen molar-refractivity contribution in [1.82, 2.24) is 0 Å². The zero-order valence-corrected chi connectivity index (χ0v) is 11.1. The molecule has 2 aromatic carbocycles. The highest BCUT2D eigenvalue weighted by Crippen LogP contribution is 2.34. The summed E-state index contributed by atoms with van der Waals surface area (Å²) >= 11 is 0. The maximum atomic E-state index is 13.7. The minimum atomic E-state index is -1.28. The van der Waals surface area contributed by atoms with Crippen molar-refractivity contribution in [3.8, 4) is 17.2 Å². The topological polar surface area (TPSA) is 66.8 Å². The molecule has 2 rings (SSSR count). The number of carbonyl (C=O) groups is 1. The summed E-state index contributed by atoms with van der Waals surface area (Å²) in [5, 5.41) is 18.5.